The topological polar surface area (TPSA) is 42.8 Å². The number of terminal acetylenes is 1. The number of hydrogen-bond acceptors (Lipinski definition) is 4. The number of benzene rings is 3. The minimum absolute atomic E-state index is 0.174. The third kappa shape index (κ3) is 4.72. The molecule has 3 atom stereocenters. The number of halogens is 1. The summed E-state index contributed by atoms with van der Waals surface area (Å²) in [5, 5.41) is 3.81. The van der Waals surface area contributed by atoms with Gasteiger partial charge in [0.15, 0.2) is 11.5 Å². The van der Waals surface area contributed by atoms with Gasteiger partial charge in [-0.1, -0.05) is 47.9 Å². The molecule has 0 amide bonds. The van der Waals surface area contributed by atoms with Crippen molar-refractivity contribution in [3.63, 3.8) is 0 Å². The van der Waals surface area contributed by atoms with Gasteiger partial charge in [-0.2, -0.15) is 0 Å². The van der Waals surface area contributed by atoms with Gasteiger partial charge in [-0.25, -0.2) is 0 Å². The smallest absolute Gasteiger partial charge is 0.176 e. The number of nitrogens with zero attached hydrogens (tertiary/aromatic N) is 1. The van der Waals surface area contributed by atoms with E-state index >= 15 is 0 Å². The van der Waals surface area contributed by atoms with Crippen LogP contribution in [0.1, 0.15) is 40.6 Å². The molecule has 0 spiro atoms. The monoisotopic (exact) mass is 526 g/mol. The van der Waals surface area contributed by atoms with Gasteiger partial charge in [0.25, 0.3) is 0 Å². The Hall–Kier alpha value is -3.49. The van der Waals surface area contributed by atoms with E-state index in [1.165, 1.54) is 22.4 Å². The molecule has 0 saturated heterocycles. The van der Waals surface area contributed by atoms with Crippen LogP contribution in [0.15, 0.2) is 76.2 Å². The molecular weight excluding hydrogens is 500 g/mol. The number of ether oxygens (including phenoxy) is 2. The Morgan fingerprint density at radius 3 is 2.77 bits per heavy atom. The molecule has 0 bridgehead atoms. The lowest BCUT2D eigenvalue weighted by Crippen LogP contribution is -2.29. The number of nitrogens with one attached hydrogen (secondary N) is 1. The van der Waals surface area contributed by atoms with E-state index in [9.17, 15) is 0 Å². The summed E-state index contributed by atoms with van der Waals surface area (Å²) >= 11 is 3.54. The number of methoxy groups -OCH3 is 1. The Morgan fingerprint density at radius 2 is 2.00 bits per heavy atom. The standard InChI is InChI=1S/C30H27BrN2O2/c1-4-14-35-30-26(31)16-20(17-28(30)34-3)18-32-22-11-9-21(10-12-22)29-24-7-5-6-23(24)25-15-19(2)8-13-27(25)33-29/h1,5-6,8-13,15-18,23-24,29,33H,7,14H2,2-3H3/t23-,24-,29+/m1/s1. The number of aliphatic imine (C=N–C) groups is 1. The van der Waals surface area contributed by atoms with E-state index < -0.39 is 0 Å². The molecule has 1 heterocycles. The Labute approximate surface area is 215 Å². The molecule has 0 fully saturated rings. The van der Waals surface area contributed by atoms with E-state index in [2.05, 4.69) is 93.7 Å². The summed E-state index contributed by atoms with van der Waals surface area (Å²) in [4.78, 5) is 4.68. The van der Waals surface area contributed by atoms with Crippen LogP contribution in [-0.2, 0) is 0 Å². The van der Waals surface area contributed by atoms with Gasteiger partial charge in [0, 0.05) is 17.8 Å². The average molecular weight is 527 g/mol. The normalized spacial score (nSPS) is 20.1. The summed E-state index contributed by atoms with van der Waals surface area (Å²) in [5.41, 5.74) is 7.04. The molecule has 0 radical (unpaired) electrons. The van der Waals surface area contributed by atoms with Crippen LogP contribution in [0.3, 0.4) is 0 Å². The van der Waals surface area contributed by atoms with Crippen molar-refractivity contribution in [1.29, 1.82) is 0 Å². The minimum Gasteiger partial charge on any atom is -0.493 e. The van der Waals surface area contributed by atoms with Crippen molar-refractivity contribution >= 4 is 33.5 Å². The van der Waals surface area contributed by atoms with E-state index in [-0.39, 0.29) is 12.6 Å². The van der Waals surface area contributed by atoms with Gasteiger partial charge >= 0.3 is 0 Å². The minimum atomic E-state index is 0.174. The molecule has 1 aliphatic heterocycles. The van der Waals surface area contributed by atoms with Crippen LogP contribution < -0.4 is 14.8 Å². The van der Waals surface area contributed by atoms with Gasteiger partial charge in [0.05, 0.1) is 23.3 Å². The highest BCUT2D eigenvalue weighted by Gasteiger charge is 2.37. The lowest BCUT2D eigenvalue weighted by molar-refractivity contribution is 0.329. The van der Waals surface area contributed by atoms with Crippen molar-refractivity contribution in [2.45, 2.75) is 25.3 Å². The maximum absolute atomic E-state index is 5.59. The summed E-state index contributed by atoms with van der Waals surface area (Å²) < 4.78 is 11.8. The number of rotatable bonds is 6. The fourth-order valence-corrected chi connectivity index (χ4v) is 5.60. The quantitative estimate of drug-likeness (QED) is 0.207. The Morgan fingerprint density at radius 1 is 1.17 bits per heavy atom. The molecule has 4 nitrogen and oxygen atoms in total. The number of aryl methyl sites for hydroxylation is 1. The maximum Gasteiger partial charge on any atom is 0.176 e. The molecule has 3 aromatic carbocycles. The van der Waals surface area contributed by atoms with E-state index in [0.717, 1.165) is 22.1 Å². The zero-order valence-electron chi connectivity index (χ0n) is 19.8. The molecule has 0 saturated carbocycles. The van der Waals surface area contributed by atoms with Crippen molar-refractivity contribution in [3.05, 3.63) is 93.5 Å². The SMILES string of the molecule is C#CCOc1c(Br)cc(C=Nc2ccc([C@@H]3Nc4ccc(C)cc4[C@@H]4C=CC[C@H]43)cc2)cc1OC. The van der Waals surface area contributed by atoms with Gasteiger partial charge in [0.2, 0.25) is 0 Å². The van der Waals surface area contributed by atoms with E-state index in [1.54, 1.807) is 7.11 Å². The van der Waals surface area contributed by atoms with E-state index in [4.69, 9.17) is 15.9 Å². The van der Waals surface area contributed by atoms with E-state index in [0.29, 0.717) is 23.3 Å². The van der Waals surface area contributed by atoms with Gasteiger partial charge < -0.3 is 14.8 Å². The Kier molecular flexibility index (Phi) is 6.66. The zero-order valence-corrected chi connectivity index (χ0v) is 21.4. The Bertz CT molecular complexity index is 1340. The number of allylic oxidation sites excluding steroid dienone is 2. The second kappa shape index (κ2) is 10.0. The first-order valence-electron chi connectivity index (χ1n) is 11.7. The fraction of sp³-hybridized carbons (Fsp3) is 0.233. The maximum atomic E-state index is 5.59. The molecule has 2 aliphatic rings. The van der Waals surface area contributed by atoms with Crippen molar-refractivity contribution < 1.29 is 9.47 Å². The van der Waals surface area contributed by atoms with Crippen molar-refractivity contribution in [2.24, 2.45) is 10.9 Å². The summed E-state index contributed by atoms with van der Waals surface area (Å²) in [6.45, 7) is 2.34. The summed E-state index contributed by atoms with van der Waals surface area (Å²) in [7, 11) is 1.60. The highest BCUT2D eigenvalue weighted by molar-refractivity contribution is 9.10. The zero-order chi connectivity index (χ0) is 24.4. The summed E-state index contributed by atoms with van der Waals surface area (Å²) in [6.07, 6.45) is 12.9. The lowest BCUT2D eigenvalue weighted by Gasteiger charge is -2.37. The second-order valence-electron chi connectivity index (χ2n) is 8.94. The molecule has 176 valence electrons. The third-order valence-corrected chi connectivity index (χ3v) is 7.27. The van der Waals surface area contributed by atoms with Gasteiger partial charge in [0.1, 0.15) is 6.61 Å². The molecule has 0 unspecified atom stereocenters. The molecule has 3 aromatic rings. The first-order valence-corrected chi connectivity index (χ1v) is 12.5. The highest BCUT2D eigenvalue weighted by atomic mass is 79.9. The number of fused-ring (bicyclic) bond motifs is 3. The molecule has 5 rings (SSSR count). The van der Waals surface area contributed by atoms with Gasteiger partial charge in [-0.05, 0) is 82.2 Å². The first kappa shape index (κ1) is 23.3. The predicted octanol–water partition coefficient (Wildman–Crippen LogP) is 7.36. The second-order valence-corrected chi connectivity index (χ2v) is 9.80. The largest absolute Gasteiger partial charge is 0.493 e. The number of hydrogen-bond donors (Lipinski definition) is 1. The van der Waals surface area contributed by atoms with E-state index in [1.807, 2.05) is 18.3 Å². The van der Waals surface area contributed by atoms with Crippen LogP contribution in [0, 0.1) is 25.2 Å². The van der Waals surface area contributed by atoms with Crippen LogP contribution in [0.4, 0.5) is 11.4 Å². The van der Waals surface area contributed by atoms with Crippen molar-refractivity contribution in [3.8, 4) is 23.8 Å². The highest BCUT2D eigenvalue weighted by Crippen LogP contribution is 2.50. The third-order valence-electron chi connectivity index (χ3n) is 6.68. The van der Waals surface area contributed by atoms with Gasteiger partial charge in [-0.15, -0.1) is 6.42 Å². The molecular formula is C30H27BrN2O2. The van der Waals surface area contributed by atoms with Crippen LogP contribution in [-0.4, -0.2) is 19.9 Å². The van der Waals surface area contributed by atoms with Crippen LogP contribution in [0.5, 0.6) is 11.5 Å². The molecule has 5 heteroatoms. The van der Waals surface area contributed by atoms with Crippen LogP contribution in [0.25, 0.3) is 0 Å². The molecule has 0 aromatic heterocycles. The van der Waals surface area contributed by atoms with Crippen LogP contribution in [0.2, 0.25) is 0 Å². The average Bonchev–Trinajstić information content (AvgIpc) is 3.37. The molecule has 35 heavy (non-hydrogen) atoms. The van der Waals surface area contributed by atoms with Crippen molar-refractivity contribution in [2.75, 3.05) is 19.0 Å². The lowest BCUT2D eigenvalue weighted by atomic mass is 9.76. The van der Waals surface area contributed by atoms with Crippen LogP contribution >= 0.6 is 15.9 Å². The fourth-order valence-electron chi connectivity index (χ4n) is 5.03. The molecule has 1 aliphatic carbocycles. The first-order chi connectivity index (χ1) is 17.1. The summed E-state index contributed by atoms with van der Waals surface area (Å²) in [5.74, 6) is 4.65. The number of anilines is 1. The van der Waals surface area contributed by atoms with Gasteiger partial charge in [-0.3, -0.25) is 4.99 Å². The molecule has 1 N–H and O–H groups in total. The predicted molar refractivity (Wildman–Crippen MR) is 146 cm³/mol. The summed E-state index contributed by atoms with van der Waals surface area (Å²) in [6, 6.07) is 19.3. The van der Waals surface area contributed by atoms with Crippen molar-refractivity contribution in [1.82, 2.24) is 0 Å². The Balaban J connectivity index is 1.35.